The Morgan fingerprint density at radius 2 is 1.96 bits per heavy atom. The molecular formula is C17H28Cl2N4. The number of aliphatic imine (C=N–C) groups is 1. The van der Waals surface area contributed by atoms with E-state index in [2.05, 4.69) is 29.1 Å². The van der Waals surface area contributed by atoms with Crippen molar-refractivity contribution in [1.82, 2.24) is 10.2 Å². The lowest BCUT2D eigenvalue weighted by atomic mass is 10.1. The molecule has 6 heteroatoms. The number of nitrogens with two attached hydrogens (primary N) is 1. The van der Waals surface area contributed by atoms with Crippen molar-refractivity contribution in [3.05, 3.63) is 33.8 Å². The van der Waals surface area contributed by atoms with Crippen LogP contribution < -0.4 is 11.1 Å². The van der Waals surface area contributed by atoms with E-state index in [9.17, 15) is 0 Å². The van der Waals surface area contributed by atoms with Gasteiger partial charge in [0.15, 0.2) is 5.96 Å². The maximum absolute atomic E-state index is 6.20. The molecule has 0 amide bonds. The minimum absolute atomic E-state index is 0.0146. The van der Waals surface area contributed by atoms with Crippen molar-refractivity contribution in [2.75, 3.05) is 26.2 Å². The summed E-state index contributed by atoms with van der Waals surface area (Å²) in [5.74, 6) is 0.450. The van der Waals surface area contributed by atoms with Crippen molar-refractivity contribution in [3.63, 3.8) is 0 Å². The van der Waals surface area contributed by atoms with Crippen molar-refractivity contribution in [2.45, 2.75) is 39.7 Å². The molecule has 0 fully saturated rings. The standard InChI is InChI=1S/C17H28Cl2N4/c1-4-23(5-2)11-7-6-10-21-17(20)22-13(3)15-9-8-14(18)12-16(15)19/h8-9,12-13H,4-7,10-11H2,1-3H3,(H3,20,21,22). The molecule has 0 saturated carbocycles. The fourth-order valence-electron chi connectivity index (χ4n) is 2.38. The molecule has 1 aromatic carbocycles. The molecule has 0 radical (unpaired) electrons. The van der Waals surface area contributed by atoms with Crippen LogP contribution in [0.3, 0.4) is 0 Å². The third-order valence-corrected chi connectivity index (χ3v) is 4.41. The van der Waals surface area contributed by atoms with Crippen LogP contribution in [0.5, 0.6) is 0 Å². The average molecular weight is 359 g/mol. The first-order valence-electron chi connectivity index (χ1n) is 8.21. The monoisotopic (exact) mass is 358 g/mol. The Kier molecular flexibility index (Phi) is 9.37. The Balaban J connectivity index is 2.38. The van der Waals surface area contributed by atoms with Gasteiger partial charge >= 0.3 is 0 Å². The molecule has 0 heterocycles. The number of benzene rings is 1. The minimum atomic E-state index is -0.0146. The topological polar surface area (TPSA) is 53.6 Å². The first-order chi connectivity index (χ1) is 11.0. The molecule has 1 aromatic rings. The number of hydrogen-bond acceptors (Lipinski definition) is 2. The lowest BCUT2D eigenvalue weighted by Crippen LogP contribution is -2.34. The maximum atomic E-state index is 6.20. The van der Waals surface area contributed by atoms with Gasteiger partial charge in [0.05, 0.1) is 6.04 Å². The van der Waals surface area contributed by atoms with Crippen LogP contribution in [0.2, 0.25) is 10.0 Å². The van der Waals surface area contributed by atoms with Gasteiger partial charge in [-0.25, -0.2) is 0 Å². The van der Waals surface area contributed by atoms with Crippen LogP contribution in [-0.4, -0.2) is 37.0 Å². The molecule has 1 rings (SSSR count). The highest BCUT2D eigenvalue weighted by atomic mass is 35.5. The summed E-state index contributed by atoms with van der Waals surface area (Å²) in [4.78, 5) is 6.79. The van der Waals surface area contributed by atoms with Gasteiger partial charge in [0, 0.05) is 16.6 Å². The van der Waals surface area contributed by atoms with Crippen LogP contribution in [0.15, 0.2) is 23.2 Å². The first kappa shape index (κ1) is 20.1. The second kappa shape index (κ2) is 10.7. The quantitative estimate of drug-likeness (QED) is 0.397. The highest BCUT2D eigenvalue weighted by Crippen LogP contribution is 2.25. The number of halogens is 2. The zero-order chi connectivity index (χ0) is 17.2. The summed E-state index contributed by atoms with van der Waals surface area (Å²) in [7, 11) is 0. The average Bonchev–Trinajstić information content (AvgIpc) is 2.50. The number of unbranched alkanes of at least 4 members (excludes halogenated alkanes) is 1. The van der Waals surface area contributed by atoms with Gasteiger partial charge in [0.2, 0.25) is 0 Å². The van der Waals surface area contributed by atoms with Gasteiger partial charge in [0.25, 0.3) is 0 Å². The molecule has 130 valence electrons. The van der Waals surface area contributed by atoms with Gasteiger partial charge in [-0.15, -0.1) is 0 Å². The van der Waals surface area contributed by atoms with Crippen molar-refractivity contribution < 1.29 is 0 Å². The normalized spacial score (nSPS) is 13.4. The highest BCUT2D eigenvalue weighted by molar-refractivity contribution is 6.35. The summed E-state index contributed by atoms with van der Waals surface area (Å²) in [6, 6.07) is 5.44. The molecule has 1 unspecified atom stereocenters. The van der Waals surface area contributed by atoms with Crippen LogP contribution >= 0.6 is 23.2 Å². The maximum Gasteiger partial charge on any atom is 0.189 e. The Hall–Kier alpha value is -0.970. The van der Waals surface area contributed by atoms with Gasteiger partial charge in [-0.05, 0) is 57.1 Å². The third-order valence-electron chi connectivity index (χ3n) is 3.85. The number of guanidine groups is 1. The minimum Gasteiger partial charge on any atom is -0.370 e. The van der Waals surface area contributed by atoms with Crippen molar-refractivity contribution in [2.24, 2.45) is 10.7 Å². The van der Waals surface area contributed by atoms with Gasteiger partial charge in [0.1, 0.15) is 0 Å². The Labute approximate surface area is 150 Å². The molecule has 3 N–H and O–H groups in total. The zero-order valence-electron chi connectivity index (χ0n) is 14.3. The summed E-state index contributed by atoms with van der Waals surface area (Å²) in [6.45, 7) is 10.4. The van der Waals surface area contributed by atoms with E-state index in [1.54, 1.807) is 6.07 Å². The summed E-state index contributed by atoms with van der Waals surface area (Å²) in [5.41, 5.74) is 6.90. The number of rotatable bonds is 9. The molecule has 0 aromatic heterocycles. The Bertz CT molecular complexity index is 501. The summed E-state index contributed by atoms with van der Waals surface area (Å²) in [6.07, 6.45) is 2.17. The lowest BCUT2D eigenvalue weighted by Gasteiger charge is -2.17. The number of nitrogens with one attached hydrogen (secondary N) is 1. The number of hydrogen-bond donors (Lipinski definition) is 2. The van der Waals surface area contributed by atoms with E-state index in [-0.39, 0.29) is 6.04 Å². The predicted octanol–water partition coefficient (Wildman–Crippen LogP) is 4.08. The van der Waals surface area contributed by atoms with Crippen molar-refractivity contribution in [3.8, 4) is 0 Å². The summed E-state index contributed by atoms with van der Waals surface area (Å²) in [5, 5.41) is 4.42. The van der Waals surface area contributed by atoms with E-state index < -0.39 is 0 Å². The molecule has 0 aliphatic rings. The first-order valence-corrected chi connectivity index (χ1v) is 8.97. The largest absolute Gasteiger partial charge is 0.370 e. The van der Waals surface area contributed by atoms with E-state index in [0.29, 0.717) is 16.0 Å². The van der Waals surface area contributed by atoms with Crippen LogP contribution in [0, 0.1) is 0 Å². The zero-order valence-corrected chi connectivity index (χ0v) is 15.8. The molecule has 0 aliphatic heterocycles. The van der Waals surface area contributed by atoms with Crippen molar-refractivity contribution >= 4 is 29.2 Å². The van der Waals surface area contributed by atoms with E-state index in [1.165, 1.54) is 0 Å². The molecule has 1 atom stereocenters. The summed E-state index contributed by atoms with van der Waals surface area (Å²) < 4.78 is 0. The molecule has 0 aliphatic carbocycles. The second-order valence-corrected chi connectivity index (χ2v) is 6.38. The van der Waals surface area contributed by atoms with E-state index in [1.807, 2.05) is 19.1 Å². The SMILES string of the molecule is CCN(CC)CCCCN=C(N)NC(C)c1ccc(Cl)cc1Cl. The van der Waals surface area contributed by atoms with Gasteiger partial charge < -0.3 is 16.0 Å². The molecule has 4 nitrogen and oxygen atoms in total. The fraction of sp³-hybridized carbons (Fsp3) is 0.588. The van der Waals surface area contributed by atoms with Crippen molar-refractivity contribution in [1.29, 1.82) is 0 Å². The van der Waals surface area contributed by atoms with E-state index in [0.717, 1.165) is 44.6 Å². The molecular weight excluding hydrogens is 331 g/mol. The van der Waals surface area contributed by atoms with Crippen LogP contribution in [0.4, 0.5) is 0 Å². The van der Waals surface area contributed by atoms with E-state index in [4.69, 9.17) is 28.9 Å². The van der Waals surface area contributed by atoms with Crippen LogP contribution in [0.25, 0.3) is 0 Å². The van der Waals surface area contributed by atoms with Crippen LogP contribution in [0.1, 0.15) is 45.2 Å². The fourth-order valence-corrected chi connectivity index (χ4v) is 2.96. The molecule has 0 spiro atoms. The van der Waals surface area contributed by atoms with Gasteiger partial charge in [-0.2, -0.15) is 0 Å². The third kappa shape index (κ3) is 7.42. The number of nitrogens with zero attached hydrogens (tertiary/aromatic N) is 2. The van der Waals surface area contributed by atoms with Gasteiger partial charge in [-0.1, -0.05) is 43.1 Å². The predicted molar refractivity (Wildman–Crippen MR) is 102 cm³/mol. The van der Waals surface area contributed by atoms with Gasteiger partial charge in [-0.3, -0.25) is 4.99 Å². The molecule has 23 heavy (non-hydrogen) atoms. The highest BCUT2D eigenvalue weighted by Gasteiger charge is 2.10. The Morgan fingerprint density at radius 1 is 1.26 bits per heavy atom. The lowest BCUT2D eigenvalue weighted by molar-refractivity contribution is 0.297. The van der Waals surface area contributed by atoms with E-state index >= 15 is 0 Å². The summed E-state index contributed by atoms with van der Waals surface area (Å²) >= 11 is 12.1. The molecule has 0 saturated heterocycles. The Morgan fingerprint density at radius 3 is 2.57 bits per heavy atom. The van der Waals surface area contributed by atoms with Crippen LogP contribution in [-0.2, 0) is 0 Å². The molecule has 0 bridgehead atoms. The second-order valence-electron chi connectivity index (χ2n) is 5.53. The smallest absolute Gasteiger partial charge is 0.189 e.